The molecule has 10 aliphatic rings. The number of amides is 5. The summed E-state index contributed by atoms with van der Waals surface area (Å²) in [5.41, 5.74) is 4.54. The molecular weight excluding hydrogens is 1720 g/mol. The molecule has 1 aliphatic heterocycles. The molecule has 10 aromatic heterocycles. The van der Waals surface area contributed by atoms with Gasteiger partial charge in [-0.15, -0.1) is 0 Å². The lowest BCUT2D eigenvalue weighted by atomic mass is 9.50. The lowest BCUT2D eigenvalue weighted by molar-refractivity contribution is -0.167. The number of pyridine rings is 4. The van der Waals surface area contributed by atoms with Crippen molar-refractivity contribution in [3.8, 4) is 62.3 Å². The molecule has 5 amide bonds. The zero-order chi connectivity index (χ0) is 93.4. The van der Waals surface area contributed by atoms with Crippen LogP contribution in [-0.2, 0) is 61.4 Å². The quantitative estimate of drug-likeness (QED) is 0.0200. The van der Waals surface area contributed by atoms with Crippen LogP contribution < -0.4 is 80.0 Å². The molecule has 11 heterocycles. The van der Waals surface area contributed by atoms with E-state index in [1.54, 1.807) is 68.1 Å². The van der Waals surface area contributed by atoms with E-state index < -0.39 is 37.1 Å². The Balaban J connectivity index is 0.000000133. The first-order valence-electron chi connectivity index (χ1n) is 43.9. The highest BCUT2D eigenvalue weighted by Crippen LogP contribution is 2.59. The number of hydrogen-bond donors (Lipinski definition) is 8. The van der Waals surface area contributed by atoms with Crippen LogP contribution in [0.1, 0.15) is 131 Å². The van der Waals surface area contributed by atoms with Gasteiger partial charge in [-0.25, -0.2) is 53.3 Å². The summed E-state index contributed by atoms with van der Waals surface area (Å²) in [6.07, 6.45) is 21.0. The molecular formula is C90H104F5N25O12. The Hall–Kier alpha value is -14.0. The number of ether oxygens (including phenoxy) is 2. The number of carbonyl (C=O) groups is 5. The van der Waals surface area contributed by atoms with Crippen LogP contribution in [0.5, 0.6) is 6.01 Å². The SMILES string of the molecule is CCNC(=O)Cn1nc(-c2ccc(N3CC(OC(F)F)C3)nc2)ccc1=O.CCNC(=O)Cn1nc(-c2ccc(NC(C)(C)C)nc2)ccc1=O.O=C(Cn1nc(-c2ccc(NC34CC(C3)C4)nc2)ccc1=O)NC1CCC1.O=C(Cn1nc(-c2ccc(NC3CCC3)nc2)ccc1=O)NC1CCC1.O=C(Cn1nc(-c2cnc(OCC(F)(F)F)nc2)ccc1=O)NC12CC(C1)C2. The van der Waals surface area contributed by atoms with Gasteiger partial charge < -0.3 is 56.9 Å². The second-order valence-electron chi connectivity index (χ2n) is 35.0. The molecule has 10 fully saturated rings. The molecule has 8 N–H and O–H groups in total. The average molecular weight is 1820 g/mol. The Bertz CT molecular complexity index is 6010. The summed E-state index contributed by atoms with van der Waals surface area (Å²) in [5.74, 6) is 3.63. The number of likely N-dealkylation sites (N-methyl/N-ethyl adjacent to an activating group) is 2. The molecule has 132 heavy (non-hydrogen) atoms. The molecule has 9 aliphatic carbocycles. The molecule has 10 aromatic rings. The first kappa shape index (κ1) is 94.2. The molecule has 20 rings (SSSR count). The number of alkyl halides is 5. The number of anilines is 4. The summed E-state index contributed by atoms with van der Waals surface area (Å²) in [7, 11) is 0. The zero-order valence-corrected chi connectivity index (χ0v) is 73.5. The molecule has 0 radical (unpaired) electrons. The van der Waals surface area contributed by atoms with Crippen LogP contribution in [0, 0.1) is 11.8 Å². The van der Waals surface area contributed by atoms with Crippen molar-refractivity contribution in [1.82, 2.24) is 105 Å². The van der Waals surface area contributed by atoms with Gasteiger partial charge in [0.05, 0.1) is 34.6 Å². The maximum absolute atomic E-state index is 12.2. The molecule has 696 valence electrons. The van der Waals surface area contributed by atoms with E-state index in [-0.39, 0.29) is 108 Å². The number of halogens is 5. The standard InChI is InChI=1S/C20H23N5O2.C19H23N5O2.C17H16F3N5O3.C17H19F2N5O3.C17H23N5O2/c26-18(22-15-2-1-3-15)12-25-19(27)7-5-16(24-25)14-4-6-17(21-11-14)23-20-8-13(9-20)10-20;25-18(22-15-5-2-6-15)12-24-19(26)10-8-16(23-24)13-7-9-17(20-11-13)21-14-3-1-4-14;18-17(19,20)9-28-15-21-6-11(7-22-15)12-1-2-14(27)25(24-12)8-13(26)23-16-3-10(4-16)5-16;1-2-20-15(25)10-24-16(26)6-4-13(22-24)11-3-5-14(21-7-11)23-8-12(9-23)27-17(18)19;1-5-18-15(23)11-22-16(24)9-7-13(21-22)12-6-8-14(19-10-12)20-17(2,3)4/h4-7,11,13,15H,1-3,8-10,12H2,(H,21,23)(H,22,26);7-11,14-15H,1-6,12H2,(H,20,21)(H,22,25);1-2,6-7,10H,3-5,8-9H2,(H,23,26);3-7,12,17H,2,8-10H2,1H3,(H,20,25);6-10H,5,11H2,1-4H3,(H,18,23)(H,19,20). The Morgan fingerprint density at radius 3 is 1.13 bits per heavy atom. The third kappa shape index (κ3) is 25.8. The van der Waals surface area contributed by atoms with Crippen molar-refractivity contribution in [2.75, 3.05) is 53.6 Å². The summed E-state index contributed by atoms with van der Waals surface area (Å²) in [6, 6.07) is 30.5. The van der Waals surface area contributed by atoms with E-state index in [0.29, 0.717) is 89.1 Å². The van der Waals surface area contributed by atoms with Crippen molar-refractivity contribution in [2.24, 2.45) is 11.8 Å². The van der Waals surface area contributed by atoms with Gasteiger partial charge in [-0.1, -0.05) is 0 Å². The van der Waals surface area contributed by atoms with E-state index in [0.717, 1.165) is 112 Å². The Labute approximate surface area is 753 Å². The van der Waals surface area contributed by atoms with Crippen LogP contribution in [0.15, 0.2) is 170 Å². The van der Waals surface area contributed by atoms with Gasteiger partial charge in [0, 0.05) is 156 Å². The Morgan fingerprint density at radius 2 is 0.795 bits per heavy atom. The summed E-state index contributed by atoms with van der Waals surface area (Å²) in [5, 5.41) is 45.6. The van der Waals surface area contributed by atoms with Gasteiger partial charge in [-0.2, -0.15) is 47.4 Å². The van der Waals surface area contributed by atoms with E-state index in [9.17, 15) is 69.9 Å². The fourth-order valence-electron chi connectivity index (χ4n) is 15.6. The largest absolute Gasteiger partial charge is 0.454 e. The zero-order valence-electron chi connectivity index (χ0n) is 73.5. The highest BCUT2D eigenvalue weighted by atomic mass is 19.4. The number of nitrogens with zero attached hydrogens (tertiary/aromatic N) is 17. The summed E-state index contributed by atoms with van der Waals surface area (Å²) < 4.78 is 75.3. The highest BCUT2D eigenvalue weighted by molar-refractivity contribution is 5.79. The van der Waals surface area contributed by atoms with Crippen molar-refractivity contribution >= 4 is 52.8 Å². The maximum Gasteiger partial charge on any atom is 0.422 e. The van der Waals surface area contributed by atoms with E-state index in [2.05, 4.69) is 128 Å². The summed E-state index contributed by atoms with van der Waals surface area (Å²) in [4.78, 5) is 146. The third-order valence-corrected chi connectivity index (χ3v) is 23.3. The molecule has 0 atom stereocenters. The highest BCUT2D eigenvalue weighted by Gasteiger charge is 2.58. The van der Waals surface area contributed by atoms with Crippen LogP contribution >= 0.6 is 0 Å². The predicted octanol–water partition coefficient (Wildman–Crippen LogP) is 7.71. The fourth-order valence-corrected chi connectivity index (χ4v) is 15.6. The molecule has 0 spiro atoms. The minimum Gasteiger partial charge on any atom is -0.454 e. The van der Waals surface area contributed by atoms with Crippen molar-refractivity contribution < 1.29 is 55.4 Å². The molecule has 4 bridgehead atoms. The topological polar surface area (TPSA) is 455 Å². The van der Waals surface area contributed by atoms with Gasteiger partial charge in [0.1, 0.15) is 56.0 Å². The molecule has 9 saturated carbocycles. The van der Waals surface area contributed by atoms with Crippen LogP contribution in [0.4, 0.5) is 45.2 Å². The Kier molecular flexibility index (Phi) is 29.9. The van der Waals surface area contributed by atoms with E-state index in [4.69, 9.17) is 0 Å². The first-order valence-corrected chi connectivity index (χ1v) is 43.9. The monoisotopic (exact) mass is 1820 g/mol. The lowest BCUT2D eigenvalue weighted by Gasteiger charge is -2.62. The van der Waals surface area contributed by atoms with Gasteiger partial charge >= 0.3 is 18.8 Å². The van der Waals surface area contributed by atoms with Crippen LogP contribution in [0.25, 0.3) is 56.3 Å². The van der Waals surface area contributed by atoms with Crippen molar-refractivity contribution in [2.45, 2.75) is 217 Å². The van der Waals surface area contributed by atoms with Gasteiger partial charge in [0.2, 0.25) is 29.5 Å². The second kappa shape index (κ2) is 41.9. The fraction of sp³-hybridized carbons (Fsp3) is 0.456. The van der Waals surface area contributed by atoms with Gasteiger partial charge in [-0.3, -0.25) is 47.9 Å². The maximum atomic E-state index is 12.2. The van der Waals surface area contributed by atoms with Crippen LogP contribution in [-0.4, -0.2) is 195 Å². The number of rotatable bonds is 30. The summed E-state index contributed by atoms with van der Waals surface area (Å²) in [6.45, 7) is 6.62. The van der Waals surface area contributed by atoms with Crippen molar-refractivity contribution in [3.63, 3.8) is 0 Å². The van der Waals surface area contributed by atoms with Crippen LogP contribution in [0.3, 0.4) is 0 Å². The second-order valence-corrected chi connectivity index (χ2v) is 35.0. The smallest absolute Gasteiger partial charge is 0.422 e. The van der Waals surface area contributed by atoms with Crippen LogP contribution in [0.2, 0.25) is 0 Å². The number of hydrogen-bond acceptors (Lipinski definition) is 27. The minimum absolute atomic E-state index is 0.0556. The molecule has 0 aromatic carbocycles. The lowest BCUT2D eigenvalue weighted by Crippen LogP contribution is -2.68. The van der Waals surface area contributed by atoms with Crippen molar-refractivity contribution in [3.05, 3.63) is 198 Å². The minimum atomic E-state index is -4.49. The molecule has 42 heteroatoms. The summed E-state index contributed by atoms with van der Waals surface area (Å²) >= 11 is 0. The van der Waals surface area contributed by atoms with Gasteiger partial charge in [-0.05, 0) is 222 Å². The number of aromatic nitrogens is 16. The number of carbonyl (C=O) groups excluding carboxylic acids is 5. The van der Waals surface area contributed by atoms with Crippen molar-refractivity contribution in [1.29, 1.82) is 0 Å². The van der Waals surface area contributed by atoms with Gasteiger partial charge in [0.15, 0.2) is 6.61 Å². The molecule has 0 unspecified atom stereocenters. The molecule has 1 saturated heterocycles. The van der Waals surface area contributed by atoms with E-state index in [1.807, 2.05) is 48.2 Å². The number of nitrogens with one attached hydrogen (secondary N) is 8. The van der Waals surface area contributed by atoms with E-state index in [1.165, 1.54) is 96.7 Å². The third-order valence-electron chi connectivity index (χ3n) is 23.3. The normalized spacial score (nSPS) is 18.4. The first-order chi connectivity index (χ1) is 63.2. The predicted molar refractivity (Wildman–Crippen MR) is 477 cm³/mol. The van der Waals surface area contributed by atoms with E-state index >= 15 is 0 Å². The Morgan fingerprint density at radius 1 is 0.432 bits per heavy atom. The molecule has 37 nitrogen and oxygen atoms in total. The average Bonchev–Trinajstić information content (AvgIpc) is 0.726. The van der Waals surface area contributed by atoms with Gasteiger partial charge in [0.25, 0.3) is 27.8 Å².